The summed E-state index contributed by atoms with van der Waals surface area (Å²) < 4.78 is 5.84. The Balaban J connectivity index is 0.00000228. The monoisotopic (exact) mass is 570 g/mol. The molecule has 0 spiro atoms. The van der Waals surface area contributed by atoms with Gasteiger partial charge in [0.15, 0.2) is 5.69 Å². The van der Waals surface area contributed by atoms with Gasteiger partial charge >= 0.3 is 0 Å². The van der Waals surface area contributed by atoms with Gasteiger partial charge < -0.3 is 39.8 Å². The molecule has 2 aromatic carbocycles. The van der Waals surface area contributed by atoms with Gasteiger partial charge in [0.2, 0.25) is 0 Å². The van der Waals surface area contributed by atoms with Gasteiger partial charge in [-0.05, 0) is 49.9 Å². The number of nitrogens with two attached hydrogens (primary N) is 1. The van der Waals surface area contributed by atoms with Crippen molar-refractivity contribution in [2.45, 2.75) is 25.7 Å². The van der Waals surface area contributed by atoms with Crippen LogP contribution in [0.25, 0.3) is 32.7 Å². The molecule has 0 amide bonds. The second-order valence-corrected chi connectivity index (χ2v) is 9.46. The molecule has 5 nitrogen and oxygen atoms in total. The van der Waals surface area contributed by atoms with E-state index >= 15 is 0 Å². The molecule has 0 radical (unpaired) electrons. The van der Waals surface area contributed by atoms with Crippen LogP contribution in [0, 0.1) is 0 Å². The zero-order chi connectivity index (χ0) is 23.8. The molecule has 0 fully saturated rings. The molecule has 0 aliphatic rings. The third-order valence-corrected chi connectivity index (χ3v) is 6.86. The standard InChI is InChI=1S/C27H32Cl2N4O.2ClH/c1-34-23-19-20-9-8-15-30-25(20)27-24(23)26(21-10-4-5-11-22(21)32-27)31-14-6-2-3-7-16-33(17-12-28)18-13-29;;/h4-5,8-11,15,19H,2-3,6-7,12-14,16-18H2,1H3,(H,31,32);2*1H. The number of ether oxygens (including phenoxy) is 1. The smallest absolute Gasteiger partial charge is 0.152 e. The van der Waals surface area contributed by atoms with E-state index in [1.54, 1.807) is 7.11 Å². The number of halogens is 4. The highest BCUT2D eigenvalue weighted by Gasteiger charge is 2.19. The number of hydrogen-bond donors (Lipinski definition) is 2. The van der Waals surface area contributed by atoms with E-state index in [0.717, 1.165) is 71.1 Å². The van der Waals surface area contributed by atoms with Crippen molar-refractivity contribution in [1.82, 2.24) is 9.97 Å². The minimum atomic E-state index is 0. The van der Waals surface area contributed by atoms with Gasteiger partial charge in [0.1, 0.15) is 16.7 Å². The summed E-state index contributed by atoms with van der Waals surface area (Å²) >= 11 is 11.8. The van der Waals surface area contributed by atoms with Gasteiger partial charge in [-0.3, -0.25) is 4.98 Å². The number of methoxy groups -OCH3 is 1. The summed E-state index contributed by atoms with van der Waals surface area (Å²) in [5.74, 6) is 2.24. The Morgan fingerprint density at radius 1 is 0.889 bits per heavy atom. The number of pyridine rings is 2. The van der Waals surface area contributed by atoms with Gasteiger partial charge in [0, 0.05) is 11.6 Å². The molecule has 4 aromatic rings. The normalized spacial score (nSPS) is 11.1. The van der Waals surface area contributed by atoms with Crippen molar-refractivity contribution in [3.8, 4) is 5.75 Å². The molecule has 2 aromatic heterocycles. The zero-order valence-corrected chi connectivity index (χ0v) is 23.6. The molecule has 0 atom stereocenters. The molecule has 0 aliphatic carbocycles. The molecule has 9 heteroatoms. The lowest BCUT2D eigenvalue weighted by Gasteiger charge is -2.17. The van der Waals surface area contributed by atoms with E-state index in [4.69, 9.17) is 32.9 Å². The van der Waals surface area contributed by atoms with Crippen LogP contribution in [-0.2, 0) is 0 Å². The van der Waals surface area contributed by atoms with Crippen LogP contribution in [0.5, 0.6) is 5.75 Å². The van der Waals surface area contributed by atoms with E-state index in [1.807, 2.05) is 18.3 Å². The average molecular weight is 572 g/mol. The number of aromatic nitrogens is 2. The number of hydrogen-bond acceptors (Lipinski definition) is 3. The minimum Gasteiger partial charge on any atom is -1.00 e. The number of nitrogens with one attached hydrogen (secondary N) is 1. The van der Waals surface area contributed by atoms with Crippen LogP contribution in [-0.4, -0.2) is 55.0 Å². The number of alkyl halides is 2. The lowest BCUT2D eigenvalue weighted by molar-refractivity contribution is -0.895. The number of unbranched alkanes of at least 4 members (excludes halogenated alkanes) is 3. The van der Waals surface area contributed by atoms with Crippen LogP contribution in [0.15, 0.2) is 48.7 Å². The molecular weight excluding hydrogens is 538 g/mol. The highest BCUT2D eigenvalue weighted by molar-refractivity contribution is 6.18. The highest BCUT2D eigenvalue weighted by atomic mass is 35.5. The molecule has 3 N–H and O–H groups in total. The van der Waals surface area contributed by atoms with Crippen molar-refractivity contribution in [3.63, 3.8) is 0 Å². The van der Waals surface area contributed by atoms with E-state index in [1.165, 1.54) is 29.8 Å². The third-order valence-electron chi connectivity index (χ3n) is 6.48. The summed E-state index contributed by atoms with van der Waals surface area (Å²) in [6, 6.07) is 14.4. The fourth-order valence-corrected chi connectivity index (χ4v) is 5.27. The van der Waals surface area contributed by atoms with Gasteiger partial charge in [0.25, 0.3) is 0 Å². The average Bonchev–Trinajstić information content (AvgIpc) is 2.87. The summed E-state index contributed by atoms with van der Waals surface area (Å²) in [6.45, 7) is 4.16. The van der Waals surface area contributed by atoms with Crippen molar-refractivity contribution in [3.05, 3.63) is 48.7 Å². The number of rotatable bonds is 13. The summed E-state index contributed by atoms with van der Waals surface area (Å²) in [6.07, 6.45) is 6.66. The molecule has 0 unspecified atom stereocenters. The molecule has 0 bridgehead atoms. The quantitative estimate of drug-likeness (QED) is 0.0851. The van der Waals surface area contributed by atoms with Crippen molar-refractivity contribution >= 4 is 61.6 Å². The molecule has 2 heterocycles. The maximum absolute atomic E-state index is 5.92. The zero-order valence-electron chi connectivity index (χ0n) is 20.6. The van der Waals surface area contributed by atoms with Crippen LogP contribution in [0.4, 0.5) is 5.69 Å². The van der Waals surface area contributed by atoms with E-state index in [-0.39, 0.29) is 24.8 Å². The van der Waals surface area contributed by atoms with Crippen LogP contribution >= 0.6 is 23.2 Å². The van der Waals surface area contributed by atoms with E-state index in [2.05, 4.69) is 40.6 Å². The molecular formula is C27H34Cl4N4O. The van der Waals surface area contributed by atoms with Gasteiger partial charge in [0.05, 0.1) is 61.5 Å². The van der Waals surface area contributed by atoms with E-state index < -0.39 is 0 Å². The first-order valence-electron chi connectivity index (χ1n) is 12.2. The Kier molecular flexibility index (Phi) is 13.3. The number of benzene rings is 2. The summed E-state index contributed by atoms with van der Waals surface area (Å²) in [7, 11) is 1.73. The Hall–Kier alpha value is -1.60. The second kappa shape index (κ2) is 15.6. The molecule has 196 valence electrons. The molecule has 0 aliphatic heterocycles. The van der Waals surface area contributed by atoms with E-state index in [9.17, 15) is 0 Å². The number of nitrogens with zero attached hydrogens (tertiary/aromatic N) is 2. The van der Waals surface area contributed by atoms with Crippen molar-refractivity contribution in [1.29, 1.82) is 0 Å². The topological polar surface area (TPSA) is 56.1 Å². The number of fused-ring (bicyclic) bond motifs is 4. The minimum absolute atomic E-state index is 0. The third kappa shape index (κ3) is 7.25. The Labute approximate surface area is 235 Å². The van der Waals surface area contributed by atoms with Crippen LogP contribution in [0.3, 0.4) is 0 Å². The van der Waals surface area contributed by atoms with E-state index in [0.29, 0.717) is 11.8 Å². The van der Waals surface area contributed by atoms with Crippen molar-refractivity contribution < 1.29 is 39.8 Å². The van der Waals surface area contributed by atoms with Crippen LogP contribution in [0.2, 0.25) is 0 Å². The van der Waals surface area contributed by atoms with Gasteiger partial charge in [-0.25, -0.2) is 4.98 Å². The summed E-state index contributed by atoms with van der Waals surface area (Å²) in [4.78, 5) is 11.2. The maximum atomic E-state index is 5.92. The van der Waals surface area contributed by atoms with Crippen molar-refractivity contribution in [2.75, 3.05) is 45.0 Å². The van der Waals surface area contributed by atoms with Crippen molar-refractivity contribution in [2.24, 2.45) is 0 Å². The fourth-order valence-electron chi connectivity index (χ4n) is 4.74. The largest absolute Gasteiger partial charge is 1.00 e. The Morgan fingerprint density at radius 3 is 2.39 bits per heavy atom. The lowest BCUT2D eigenvalue weighted by atomic mass is 10.0. The fraction of sp³-hybridized carbons (Fsp3) is 0.407. The van der Waals surface area contributed by atoms with Gasteiger partial charge in [-0.15, -0.1) is 23.2 Å². The predicted octanol–water partition coefficient (Wildman–Crippen LogP) is -1.93. The number of quaternary nitrogens is 2. The molecule has 4 rings (SSSR count). The lowest BCUT2D eigenvalue weighted by Crippen LogP contribution is -3.12. The first kappa shape index (κ1) is 30.6. The summed E-state index contributed by atoms with van der Waals surface area (Å²) in [5.41, 5.74) is 4.01. The highest BCUT2D eigenvalue weighted by Crippen LogP contribution is 2.38. The SMILES string of the molecule is COc1cc2cccnc2c2nc3ccccc3c([NH2+]CCCCCC[NH+](CCCl)CCCl)c12.[Cl-].[Cl-]. The second-order valence-electron chi connectivity index (χ2n) is 8.71. The molecule has 36 heavy (non-hydrogen) atoms. The summed E-state index contributed by atoms with van der Waals surface area (Å²) in [5, 5.41) is 5.61. The van der Waals surface area contributed by atoms with Crippen LogP contribution in [0.1, 0.15) is 25.7 Å². The molecule has 0 saturated carbocycles. The predicted molar refractivity (Wildman–Crippen MR) is 143 cm³/mol. The number of para-hydroxylation sites is 1. The maximum Gasteiger partial charge on any atom is 0.152 e. The van der Waals surface area contributed by atoms with Gasteiger partial charge in [-0.1, -0.05) is 18.2 Å². The van der Waals surface area contributed by atoms with Crippen LogP contribution < -0.4 is 39.8 Å². The first-order chi connectivity index (χ1) is 16.8. The Morgan fingerprint density at radius 2 is 1.64 bits per heavy atom. The first-order valence-corrected chi connectivity index (χ1v) is 13.3. The van der Waals surface area contributed by atoms with Gasteiger partial charge in [-0.2, -0.15) is 0 Å². The Bertz CT molecular complexity index is 1230. The molecule has 0 saturated heterocycles.